The van der Waals surface area contributed by atoms with Crippen LogP contribution in [0.5, 0.6) is 0 Å². The highest BCUT2D eigenvalue weighted by molar-refractivity contribution is 6.30. The van der Waals surface area contributed by atoms with Crippen molar-refractivity contribution in [3.8, 4) is 0 Å². The quantitative estimate of drug-likeness (QED) is 0.503. The molecule has 1 aromatic rings. The number of likely N-dealkylation sites (tertiary alicyclic amines) is 1. The van der Waals surface area contributed by atoms with Gasteiger partial charge in [-0.05, 0) is 43.4 Å². The van der Waals surface area contributed by atoms with Crippen LogP contribution in [0.2, 0.25) is 5.02 Å². The molecule has 3 atom stereocenters. The van der Waals surface area contributed by atoms with Crippen molar-refractivity contribution in [2.45, 2.75) is 70.0 Å². The molecule has 0 bridgehead atoms. The van der Waals surface area contributed by atoms with Gasteiger partial charge in [-0.15, -0.1) is 0 Å². The van der Waals surface area contributed by atoms with Crippen LogP contribution in [0, 0.1) is 11.8 Å². The molecular weight excluding hydrogens is 442 g/mol. The first-order chi connectivity index (χ1) is 15.8. The third-order valence-electron chi connectivity index (χ3n) is 7.34. The fourth-order valence-corrected chi connectivity index (χ4v) is 5.32. The van der Waals surface area contributed by atoms with Gasteiger partial charge in [0.2, 0.25) is 11.8 Å². The minimum absolute atomic E-state index is 0.0280. The van der Waals surface area contributed by atoms with Crippen LogP contribution in [0.1, 0.15) is 51.0 Å². The Morgan fingerprint density at radius 3 is 2.33 bits per heavy atom. The van der Waals surface area contributed by atoms with E-state index in [9.17, 15) is 19.8 Å². The summed E-state index contributed by atoms with van der Waals surface area (Å²) in [6.07, 6.45) is 6.44. The maximum atomic E-state index is 13.5. The van der Waals surface area contributed by atoms with E-state index in [4.69, 9.17) is 17.3 Å². The van der Waals surface area contributed by atoms with Crippen molar-refractivity contribution in [2.24, 2.45) is 17.6 Å². The van der Waals surface area contributed by atoms with Gasteiger partial charge >= 0.3 is 0 Å². The van der Waals surface area contributed by atoms with Crippen molar-refractivity contribution >= 4 is 23.4 Å². The third-order valence-corrected chi connectivity index (χ3v) is 7.59. The topological polar surface area (TPSA) is 107 Å². The molecule has 3 rings (SSSR count). The first-order valence-electron chi connectivity index (χ1n) is 12.2. The molecule has 1 heterocycles. The van der Waals surface area contributed by atoms with Crippen molar-refractivity contribution in [2.75, 3.05) is 26.3 Å². The number of amides is 2. The van der Waals surface area contributed by atoms with E-state index in [0.29, 0.717) is 24.5 Å². The lowest BCUT2D eigenvalue weighted by molar-refractivity contribution is -0.144. The Morgan fingerprint density at radius 2 is 1.73 bits per heavy atom. The highest BCUT2D eigenvalue weighted by atomic mass is 35.5. The molecule has 2 amide bonds. The van der Waals surface area contributed by atoms with E-state index < -0.39 is 17.9 Å². The number of carbonyl (C=O) groups excluding carboxylic acids is 2. The fourth-order valence-electron chi connectivity index (χ4n) is 5.19. The van der Waals surface area contributed by atoms with E-state index >= 15 is 0 Å². The molecule has 1 saturated carbocycles. The SMILES string of the molecule is CC(C(=O)N(C1CCCCC1)C1CCN(C(=O)C(N)Cc2ccc(Cl)cc2)C1)C(CO)CO. The average Bonchev–Trinajstić information content (AvgIpc) is 3.31. The summed E-state index contributed by atoms with van der Waals surface area (Å²) in [5.74, 6) is -1.07. The molecule has 3 unspecified atom stereocenters. The van der Waals surface area contributed by atoms with Gasteiger partial charge in [-0.1, -0.05) is 49.9 Å². The second-order valence-corrected chi connectivity index (χ2v) is 10.1. The number of halogens is 1. The van der Waals surface area contributed by atoms with E-state index in [-0.39, 0.29) is 37.1 Å². The van der Waals surface area contributed by atoms with E-state index in [2.05, 4.69) is 0 Å². The number of aliphatic hydroxyl groups is 2. The number of hydrogen-bond donors (Lipinski definition) is 3. The molecule has 0 spiro atoms. The van der Waals surface area contributed by atoms with Crippen molar-refractivity contribution in [1.82, 2.24) is 9.80 Å². The molecule has 2 aliphatic rings. The van der Waals surface area contributed by atoms with Gasteiger partial charge in [0.25, 0.3) is 0 Å². The summed E-state index contributed by atoms with van der Waals surface area (Å²) in [6.45, 7) is 2.39. The number of aliphatic hydroxyl groups excluding tert-OH is 2. The molecular formula is C25H38ClN3O4. The predicted octanol–water partition coefficient (Wildman–Crippen LogP) is 2.21. The molecule has 7 nitrogen and oxygen atoms in total. The maximum Gasteiger partial charge on any atom is 0.239 e. The number of nitrogens with two attached hydrogens (primary N) is 1. The van der Waals surface area contributed by atoms with Gasteiger partial charge in [0.1, 0.15) is 0 Å². The molecule has 1 saturated heterocycles. The summed E-state index contributed by atoms with van der Waals surface area (Å²) in [6, 6.07) is 6.79. The zero-order valence-electron chi connectivity index (χ0n) is 19.5. The Kier molecular flexibility index (Phi) is 9.56. The number of carbonyl (C=O) groups is 2. The predicted molar refractivity (Wildman–Crippen MR) is 129 cm³/mol. The van der Waals surface area contributed by atoms with Crippen LogP contribution < -0.4 is 5.73 Å². The van der Waals surface area contributed by atoms with Gasteiger partial charge in [-0.3, -0.25) is 9.59 Å². The van der Waals surface area contributed by atoms with Crippen molar-refractivity contribution in [3.63, 3.8) is 0 Å². The number of benzene rings is 1. The lowest BCUT2D eigenvalue weighted by Gasteiger charge is -2.41. The first-order valence-corrected chi connectivity index (χ1v) is 12.6. The van der Waals surface area contributed by atoms with Crippen LogP contribution in [-0.4, -0.2) is 76.3 Å². The summed E-state index contributed by atoms with van der Waals surface area (Å²) >= 11 is 5.94. The van der Waals surface area contributed by atoms with E-state index in [1.54, 1.807) is 24.0 Å². The smallest absolute Gasteiger partial charge is 0.239 e. The van der Waals surface area contributed by atoms with Crippen LogP contribution in [0.4, 0.5) is 0 Å². The average molecular weight is 480 g/mol. The molecule has 0 aromatic heterocycles. The monoisotopic (exact) mass is 479 g/mol. The Bertz CT molecular complexity index is 780. The molecule has 1 aliphatic heterocycles. The van der Waals surface area contributed by atoms with Gasteiger partial charge in [0.15, 0.2) is 0 Å². The minimum atomic E-state index is -0.643. The number of nitrogens with zero attached hydrogens (tertiary/aromatic N) is 2. The highest BCUT2D eigenvalue weighted by Crippen LogP contribution is 2.30. The first kappa shape index (κ1) is 25.9. The maximum absolute atomic E-state index is 13.5. The molecule has 0 radical (unpaired) electrons. The molecule has 1 aromatic carbocycles. The molecule has 8 heteroatoms. The van der Waals surface area contributed by atoms with E-state index in [1.807, 2.05) is 17.0 Å². The lowest BCUT2D eigenvalue weighted by atomic mass is 9.89. The molecule has 4 N–H and O–H groups in total. The van der Waals surface area contributed by atoms with Crippen molar-refractivity contribution in [1.29, 1.82) is 0 Å². The summed E-state index contributed by atoms with van der Waals surface area (Å²) in [7, 11) is 0. The van der Waals surface area contributed by atoms with Gasteiger partial charge in [-0.25, -0.2) is 0 Å². The second-order valence-electron chi connectivity index (χ2n) is 9.62. The Labute approximate surface area is 201 Å². The van der Waals surface area contributed by atoms with Gasteiger partial charge in [0, 0.05) is 49.2 Å². The zero-order chi connectivity index (χ0) is 24.0. The lowest BCUT2D eigenvalue weighted by Crippen LogP contribution is -2.53. The standard InChI is InChI=1S/C25H38ClN3O4/c1-17(19(15-30)16-31)24(32)29(21-5-3-2-4-6-21)22-11-12-28(14-22)25(33)23(27)13-18-7-9-20(26)10-8-18/h7-10,17,19,21-23,30-31H,2-6,11-16,27H2,1H3. The summed E-state index contributed by atoms with van der Waals surface area (Å²) < 4.78 is 0. The number of rotatable bonds is 9. The van der Waals surface area contributed by atoms with Crippen molar-refractivity contribution < 1.29 is 19.8 Å². The second kappa shape index (κ2) is 12.2. The molecule has 33 heavy (non-hydrogen) atoms. The van der Waals surface area contributed by atoms with E-state index in [0.717, 1.165) is 37.7 Å². The van der Waals surface area contributed by atoms with E-state index in [1.165, 1.54) is 6.42 Å². The van der Waals surface area contributed by atoms with Crippen LogP contribution in [0.3, 0.4) is 0 Å². The van der Waals surface area contributed by atoms with Crippen LogP contribution in [0.15, 0.2) is 24.3 Å². The highest BCUT2D eigenvalue weighted by Gasteiger charge is 2.40. The fraction of sp³-hybridized carbons (Fsp3) is 0.680. The van der Waals surface area contributed by atoms with Crippen molar-refractivity contribution in [3.05, 3.63) is 34.9 Å². The Balaban J connectivity index is 1.68. The van der Waals surface area contributed by atoms with Crippen LogP contribution in [0.25, 0.3) is 0 Å². The number of hydrogen-bond acceptors (Lipinski definition) is 5. The van der Waals surface area contributed by atoms with Crippen LogP contribution >= 0.6 is 11.6 Å². The summed E-state index contributed by atoms with van der Waals surface area (Å²) in [5, 5.41) is 19.9. The van der Waals surface area contributed by atoms with Gasteiger partial charge in [-0.2, -0.15) is 0 Å². The van der Waals surface area contributed by atoms with Gasteiger partial charge in [0.05, 0.1) is 12.1 Å². The molecule has 184 valence electrons. The minimum Gasteiger partial charge on any atom is -0.396 e. The van der Waals surface area contributed by atoms with Crippen LogP contribution in [-0.2, 0) is 16.0 Å². The molecule has 2 fully saturated rings. The normalized spacial score (nSPS) is 21.3. The van der Waals surface area contributed by atoms with Gasteiger partial charge < -0.3 is 25.7 Å². The Morgan fingerprint density at radius 1 is 1.09 bits per heavy atom. The summed E-state index contributed by atoms with van der Waals surface area (Å²) in [5.41, 5.74) is 7.22. The third kappa shape index (κ3) is 6.47. The molecule has 1 aliphatic carbocycles. The Hall–Kier alpha value is -1.67. The largest absolute Gasteiger partial charge is 0.396 e. The zero-order valence-corrected chi connectivity index (χ0v) is 20.3. The summed E-state index contributed by atoms with van der Waals surface area (Å²) in [4.78, 5) is 30.4.